The van der Waals surface area contributed by atoms with Crippen molar-refractivity contribution < 1.29 is 4.74 Å². The number of nitrogens with zero attached hydrogens (tertiary/aromatic N) is 3. The Labute approximate surface area is 199 Å². The van der Waals surface area contributed by atoms with Crippen LogP contribution < -0.4 is 5.32 Å². The number of benzene rings is 3. The van der Waals surface area contributed by atoms with Crippen molar-refractivity contribution in [3.63, 3.8) is 0 Å². The van der Waals surface area contributed by atoms with E-state index >= 15 is 0 Å². The van der Waals surface area contributed by atoms with Crippen molar-refractivity contribution in [2.45, 2.75) is 6.42 Å². The van der Waals surface area contributed by atoms with Crippen LogP contribution in [0.25, 0.3) is 33.4 Å². The SMILES string of the molecule is Clc1ccc2c(NCCCN3CCOCC3)nc(-c3ccc(-c4ccccc4)cc3)nc2c1. The van der Waals surface area contributed by atoms with E-state index in [0.29, 0.717) is 10.8 Å². The van der Waals surface area contributed by atoms with Crippen LogP contribution in [0.5, 0.6) is 0 Å². The molecule has 0 radical (unpaired) electrons. The number of aromatic nitrogens is 2. The highest BCUT2D eigenvalue weighted by molar-refractivity contribution is 6.31. The summed E-state index contributed by atoms with van der Waals surface area (Å²) in [4.78, 5) is 12.1. The zero-order chi connectivity index (χ0) is 22.5. The van der Waals surface area contributed by atoms with Crippen LogP contribution in [0.1, 0.15) is 6.42 Å². The van der Waals surface area contributed by atoms with Crippen molar-refractivity contribution in [3.05, 3.63) is 77.8 Å². The standard InChI is InChI=1S/C27H27ClN4O/c28-23-11-12-24-25(19-23)30-26(22-9-7-21(8-10-22)20-5-2-1-3-6-20)31-27(24)29-13-4-14-32-15-17-33-18-16-32/h1-3,5-12,19H,4,13-18H2,(H,29,30,31). The molecule has 168 valence electrons. The molecule has 0 saturated carbocycles. The fourth-order valence-electron chi connectivity index (χ4n) is 4.14. The number of anilines is 1. The summed E-state index contributed by atoms with van der Waals surface area (Å²) in [5, 5.41) is 5.20. The van der Waals surface area contributed by atoms with Crippen LogP contribution in [0.3, 0.4) is 0 Å². The number of morpholine rings is 1. The minimum Gasteiger partial charge on any atom is -0.379 e. The molecule has 0 bridgehead atoms. The van der Waals surface area contributed by atoms with Gasteiger partial charge in [-0.2, -0.15) is 0 Å². The van der Waals surface area contributed by atoms with E-state index in [4.69, 9.17) is 26.3 Å². The Hall–Kier alpha value is -2.99. The highest BCUT2D eigenvalue weighted by Crippen LogP contribution is 2.28. The van der Waals surface area contributed by atoms with Crippen molar-refractivity contribution >= 4 is 28.3 Å². The van der Waals surface area contributed by atoms with Crippen molar-refractivity contribution in [3.8, 4) is 22.5 Å². The number of nitrogens with one attached hydrogen (secondary N) is 1. The third kappa shape index (κ3) is 5.33. The smallest absolute Gasteiger partial charge is 0.162 e. The fraction of sp³-hybridized carbons (Fsp3) is 0.259. The number of ether oxygens (including phenoxy) is 1. The Balaban J connectivity index is 1.37. The lowest BCUT2D eigenvalue weighted by Gasteiger charge is -2.26. The van der Waals surface area contributed by atoms with Gasteiger partial charge in [0, 0.05) is 35.6 Å². The van der Waals surface area contributed by atoms with E-state index in [1.165, 1.54) is 11.1 Å². The molecule has 0 aliphatic carbocycles. The lowest BCUT2D eigenvalue weighted by molar-refractivity contribution is 0.0378. The van der Waals surface area contributed by atoms with E-state index in [1.54, 1.807) is 0 Å². The van der Waals surface area contributed by atoms with Gasteiger partial charge in [0.25, 0.3) is 0 Å². The largest absolute Gasteiger partial charge is 0.379 e. The number of hydrogen-bond acceptors (Lipinski definition) is 5. The van der Waals surface area contributed by atoms with Gasteiger partial charge in [0.05, 0.1) is 18.7 Å². The van der Waals surface area contributed by atoms with Crippen LogP contribution in [0.4, 0.5) is 5.82 Å². The molecule has 0 unspecified atom stereocenters. The summed E-state index contributed by atoms with van der Waals surface area (Å²) in [6.07, 6.45) is 1.04. The van der Waals surface area contributed by atoms with Crippen LogP contribution >= 0.6 is 11.6 Å². The molecular formula is C27H27ClN4O. The van der Waals surface area contributed by atoms with Crippen LogP contribution in [0.2, 0.25) is 5.02 Å². The van der Waals surface area contributed by atoms with Gasteiger partial charge in [-0.25, -0.2) is 9.97 Å². The molecule has 3 aromatic carbocycles. The van der Waals surface area contributed by atoms with Crippen molar-refractivity contribution in [1.82, 2.24) is 14.9 Å². The predicted octanol–water partition coefficient (Wildman–Crippen LogP) is 5.75. The summed E-state index contributed by atoms with van der Waals surface area (Å²) in [7, 11) is 0. The Kier molecular flexibility index (Phi) is 6.81. The van der Waals surface area contributed by atoms with Gasteiger partial charge >= 0.3 is 0 Å². The molecule has 1 fully saturated rings. The maximum atomic E-state index is 6.27. The molecule has 1 aliphatic rings. The maximum absolute atomic E-state index is 6.27. The van der Waals surface area contributed by atoms with Gasteiger partial charge in [-0.05, 0) is 42.3 Å². The van der Waals surface area contributed by atoms with Crippen LogP contribution in [0.15, 0.2) is 72.8 Å². The Bertz CT molecular complexity index is 1210. The second kappa shape index (κ2) is 10.3. The first-order valence-electron chi connectivity index (χ1n) is 11.4. The molecule has 1 saturated heterocycles. The summed E-state index contributed by atoms with van der Waals surface area (Å²) in [6.45, 7) is 5.59. The second-order valence-corrected chi connectivity index (χ2v) is 8.67. The van der Waals surface area contributed by atoms with E-state index < -0.39 is 0 Å². The average molecular weight is 459 g/mol. The summed E-state index contributed by atoms with van der Waals surface area (Å²) in [5.74, 6) is 1.54. The molecule has 0 amide bonds. The lowest BCUT2D eigenvalue weighted by Crippen LogP contribution is -2.37. The topological polar surface area (TPSA) is 50.3 Å². The zero-order valence-corrected chi connectivity index (χ0v) is 19.3. The Morgan fingerprint density at radius 1 is 0.848 bits per heavy atom. The third-order valence-corrected chi connectivity index (χ3v) is 6.19. The molecule has 4 aromatic rings. The highest BCUT2D eigenvalue weighted by Gasteiger charge is 2.12. The van der Waals surface area contributed by atoms with E-state index in [-0.39, 0.29) is 0 Å². The molecule has 1 aliphatic heterocycles. The zero-order valence-electron chi connectivity index (χ0n) is 18.5. The normalized spacial score (nSPS) is 14.5. The van der Waals surface area contributed by atoms with Gasteiger partial charge in [0.15, 0.2) is 5.82 Å². The van der Waals surface area contributed by atoms with E-state index in [2.05, 4.69) is 58.7 Å². The molecule has 1 aromatic heterocycles. The quantitative estimate of drug-likeness (QED) is 0.357. The average Bonchev–Trinajstić information content (AvgIpc) is 2.87. The van der Waals surface area contributed by atoms with Crippen molar-refractivity contribution in [2.75, 3.05) is 44.7 Å². The fourth-order valence-corrected chi connectivity index (χ4v) is 4.31. The van der Waals surface area contributed by atoms with Gasteiger partial charge in [-0.1, -0.05) is 66.2 Å². The van der Waals surface area contributed by atoms with Crippen LogP contribution in [-0.4, -0.2) is 54.3 Å². The Morgan fingerprint density at radius 2 is 1.58 bits per heavy atom. The first-order valence-corrected chi connectivity index (χ1v) is 11.8. The summed E-state index contributed by atoms with van der Waals surface area (Å²) >= 11 is 6.27. The third-order valence-electron chi connectivity index (χ3n) is 5.96. The van der Waals surface area contributed by atoms with Crippen molar-refractivity contribution in [2.24, 2.45) is 0 Å². The van der Waals surface area contributed by atoms with E-state index in [0.717, 1.165) is 68.1 Å². The maximum Gasteiger partial charge on any atom is 0.162 e. The first-order chi connectivity index (χ1) is 16.3. The monoisotopic (exact) mass is 458 g/mol. The molecule has 0 spiro atoms. The molecule has 6 heteroatoms. The molecule has 33 heavy (non-hydrogen) atoms. The summed E-state index contributed by atoms with van der Waals surface area (Å²) in [6, 6.07) is 24.5. The highest BCUT2D eigenvalue weighted by atomic mass is 35.5. The summed E-state index contributed by atoms with van der Waals surface area (Å²) in [5.41, 5.74) is 4.19. The Morgan fingerprint density at radius 3 is 2.36 bits per heavy atom. The molecule has 5 nitrogen and oxygen atoms in total. The van der Waals surface area contributed by atoms with Crippen LogP contribution in [0, 0.1) is 0 Å². The van der Waals surface area contributed by atoms with Gasteiger partial charge in [0.1, 0.15) is 5.82 Å². The van der Waals surface area contributed by atoms with Gasteiger partial charge in [-0.3, -0.25) is 4.90 Å². The predicted molar refractivity (Wildman–Crippen MR) is 136 cm³/mol. The van der Waals surface area contributed by atoms with Crippen LogP contribution in [-0.2, 0) is 4.74 Å². The van der Waals surface area contributed by atoms with E-state index in [9.17, 15) is 0 Å². The minimum absolute atomic E-state index is 0.671. The second-order valence-electron chi connectivity index (χ2n) is 8.24. The lowest BCUT2D eigenvalue weighted by atomic mass is 10.0. The number of fused-ring (bicyclic) bond motifs is 1. The molecule has 1 N–H and O–H groups in total. The van der Waals surface area contributed by atoms with Crippen molar-refractivity contribution in [1.29, 1.82) is 0 Å². The molecule has 5 rings (SSSR count). The summed E-state index contributed by atoms with van der Waals surface area (Å²) < 4.78 is 5.44. The van der Waals surface area contributed by atoms with Gasteiger partial charge in [-0.15, -0.1) is 0 Å². The molecule has 0 atom stereocenters. The molecule has 2 heterocycles. The van der Waals surface area contributed by atoms with E-state index in [1.807, 2.05) is 24.3 Å². The number of hydrogen-bond donors (Lipinski definition) is 1. The first kappa shape index (κ1) is 21.8. The minimum atomic E-state index is 0.671. The van der Waals surface area contributed by atoms with Gasteiger partial charge < -0.3 is 10.1 Å². The number of rotatable bonds is 7. The number of halogens is 1. The van der Waals surface area contributed by atoms with Gasteiger partial charge in [0.2, 0.25) is 0 Å². The molecular weight excluding hydrogens is 432 g/mol.